The quantitative estimate of drug-likeness (QED) is 0.0261. The minimum atomic E-state index is -0.772. The molecule has 0 N–H and O–H groups in total. The molecule has 0 aliphatic rings. The normalized spacial score (nSPS) is 12.4. The van der Waals surface area contributed by atoms with Crippen LogP contribution in [0.1, 0.15) is 393 Å². The largest absolute Gasteiger partial charge is 0.462 e. The molecule has 0 aromatic carbocycles. The predicted octanol–water partition coefficient (Wildman–Crippen LogP) is 25.5. The third kappa shape index (κ3) is 69.8. The second-order valence-corrected chi connectivity index (χ2v) is 24.8. The van der Waals surface area contributed by atoms with Crippen molar-refractivity contribution < 1.29 is 28.6 Å². The Morgan fingerprint density at radius 2 is 0.470 bits per heavy atom. The number of ether oxygens (including phenoxy) is 3. The van der Waals surface area contributed by atoms with Crippen LogP contribution in [0.3, 0.4) is 0 Å². The van der Waals surface area contributed by atoms with Gasteiger partial charge in [-0.3, -0.25) is 14.4 Å². The molecular weight excluding hydrogens is 1020 g/mol. The van der Waals surface area contributed by atoms with Crippen LogP contribution in [-0.2, 0) is 28.6 Å². The van der Waals surface area contributed by atoms with Crippen molar-refractivity contribution in [3.63, 3.8) is 0 Å². The summed E-state index contributed by atoms with van der Waals surface area (Å²) in [6.45, 7) is 6.55. The number of carbonyl (C=O) groups is 3. The van der Waals surface area contributed by atoms with Gasteiger partial charge in [-0.1, -0.05) is 370 Å². The summed E-state index contributed by atoms with van der Waals surface area (Å²) in [5, 5.41) is 0. The van der Waals surface area contributed by atoms with Crippen molar-refractivity contribution in [1.29, 1.82) is 0 Å². The molecule has 0 aliphatic carbocycles. The lowest BCUT2D eigenvalue weighted by Gasteiger charge is -2.18. The Morgan fingerprint density at radius 3 is 0.735 bits per heavy atom. The van der Waals surface area contributed by atoms with Crippen molar-refractivity contribution in [2.45, 2.75) is 399 Å². The molecule has 0 rings (SSSR count). The second-order valence-electron chi connectivity index (χ2n) is 24.8. The molecule has 0 saturated heterocycles. The topological polar surface area (TPSA) is 78.9 Å². The fourth-order valence-corrected chi connectivity index (χ4v) is 11.1. The average Bonchev–Trinajstić information content (AvgIpc) is 3.49. The van der Waals surface area contributed by atoms with Crippen LogP contribution < -0.4 is 0 Å². The maximum atomic E-state index is 12.9. The molecule has 0 spiro atoms. The second kappa shape index (κ2) is 71.6. The smallest absolute Gasteiger partial charge is 0.306 e. The standard InChI is InChI=1S/C77H140O6/c1-4-7-10-13-16-18-20-22-24-26-28-30-32-34-36-37-38-39-41-42-44-46-48-50-52-54-56-58-61-64-67-70-76(79)82-73-74(72-81-75(78)69-66-63-60-15-12-9-6-3)83-77(80)71-68-65-62-59-57-55-53-51-49-47-45-43-40-35-33-31-29-27-25-23-21-19-17-14-11-8-5-2/h8,11,17,19,23,25,29,31,35,40,74H,4-7,9-10,12-16,18,20-22,24,26-28,30,32-34,36-39,41-73H2,1-3H3/b11-8-,19-17-,25-23-,31-29-,40-35-. The van der Waals surface area contributed by atoms with Crippen LogP contribution in [0.4, 0.5) is 0 Å². The SMILES string of the molecule is CC/C=C\C/C=C\C/C=C\C/C=C\C/C=C\CCCCCCCCCCCCCC(=O)OC(COC(=O)CCCCCCCCC)COC(=O)CCCCCCCCCCCCCCCCCCCCCCCCCCCCCCCCC. The number of allylic oxidation sites excluding steroid dienone is 10. The first-order valence-corrected chi connectivity index (χ1v) is 36.8. The third-order valence-corrected chi connectivity index (χ3v) is 16.5. The van der Waals surface area contributed by atoms with Crippen molar-refractivity contribution in [3.8, 4) is 0 Å². The van der Waals surface area contributed by atoms with E-state index in [1.807, 2.05) is 0 Å². The Labute approximate surface area is 517 Å². The van der Waals surface area contributed by atoms with E-state index in [0.29, 0.717) is 19.3 Å². The molecule has 0 aromatic rings. The van der Waals surface area contributed by atoms with Gasteiger partial charge < -0.3 is 14.2 Å². The molecule has 0 amide bonds. The van der Waals surface area contributed by atoms with Gasteiger partial charge in [-0.2, -0.15) is 0 Å². The van der Waals surface area contributed by atoms with E-state index in [1.54, 1.807) is 0 Å². The van der Waals surface area contributed by atoms with E-state index in [0.717, 1.165) is 89.9 Å². The molecule has 0 heterocycles. The van der Waals surface area contributed by atoms with Gasteiger partial charge in [0.15, 0.2) is 6.10 Å². The zero-order valence-corrected chi connectivity index (χ0v) is 55.7. The van der Waals surface area contributed by atoms with Crippen molar-refractivity contribution in [2.24, 2.45) is 0 Å². The lowest BCUT2D eigenvalue weighted by Crippen LogP contribution is -2.30. The van der Waals surface area contributed by atoms with Crippen LogP contribution in [-0.4, -0.2) is 37.2 Å². The molecule has 0 saturated carbocycles. The molecule has 6 heteroatoms. The van der Waals surface area contributed by atoms with Crippen molar-refractivity contribution in [2.75, 3.05) is 13.2 Å². The van der Waals surface area contributed by atoms with E-state index in [-0.39, 0.29) is 31.1 Å². The molecule has 0 radical (unpaired) electrons. The van der Waals surface area contributed by atoms with Crippen LogP contribution in [0, 0.1) is 0 Å². The first kappa shape index (κ1) is 80.1. The summed E-state index contributed by atoms with van der Waals surface area (Å²) < 4.78 is 16.9. The Hall–Kier alpha value is -2.89. The summed E-state index contributed by atoms with van der Waals surface area (Å²) in [5.74, 6) is -0.857. The minimum Gasteiger partial charge on any atom is -0.462 e. The van der Waals surface area contributed by atoms with E-state index in [4.69, 9.17) is 14.2 Å². The number of carbonyl (C=O) groups excluding carboxylic acids is 3. The lowest BCUT2D eigenvalue weighted by atomic mass is 10.0. The Balaban J connectivity index is 4.01. The van der Waals surface area contributed by atoms with Crippen LogP contribution in [0.15, 0.2) is 60.8 Å². The third-order valence-electron chi connectivity index (χ3n) is 16.5. The Bertz CT molecular complexity index is 1470. The van der Waals surface area contributed by atoms with E-state index < -0.39 is 6.10 Å². The summed E-state index contributed by atoms with van der Waals surface area (Å²) >= 11 is 0. The van der Waals surface area contributed by atoms with Crippen LogP contribution in [0.5, 0.6) is 0 Å². The van der Waals surface area contributed by atoms with Crippen LogP contribution in [0.2, 0.25) is 0 Å². The lowest BCUT2D eigenvalue weighted by molar-refractivity contribution is -0.167. The monoisotopic (exact) mass is 1160 g/mol. The highest BCUT2D eigenvalue weighted by molar-refractivity contribution is 5.71. The molecule has 0 bridgehead atoms. The summed E-state index contributed by atoms with van der Waals surface area (Å²) in [4.78, 5) is 38.2. The first-order chi connectivity index (χ1) is 41.0. The fourth-order valence-electron chi connectivity index (χ4n) is 11.1. The van der Waals surface area contributed by atoms with Crippen LogP contribution >= 0.6 is 0 Å². The molecule has 1 unspecified atom stereocenters. The van der Waals surface area contributed by atoms with Crippen LogP contribution in [0.25, 0.3) is 0 Å². The molecule has 484 valence electrons. The van der Waals surface area contributed by atoms with Gasteiger partial charge >= 0.3 is 17.9 Å². The van der Waals surface area contributed by atoms with E-state index in [9.17, 15) is 14.4 Å². The minimum absolute atomic E-state index is 0.0702. The van der Waals surface area contributed by atoms with Crippen molar-refractivity contribution in [3.05, 3.63) is 60.8 Å². The Kier molecular flexibility index (Phi) is 69.1. The molecule has 0 aliphatic heterocycles. The zero-order valence-electron chi connectivity index (χ0n) is 55.7. The summed E-state index contributed by atoms with van der Waals surface area (Å²) in [5.41, 5.74) is 0. The van der Waals surface area contributed by atoms with Gasteiger partial charge in [0.05, 0.1) is 0 Å². The van der Waals surface area contributed by atoms with Crippen molar-refractivity contribution >= 4 is 17.9 Å². The molecule has 6 nitrogen and oxygen atoms in total. The number of hydrogen-bond acceptors (Lipinski definition) is 6. The molecule has 0 fully saturated rings. The summed E-state index contributed by atoms with van der Waals surface area (Å²) in [6, 6.07) is 0. The van der Waals surface area contributed by atoms with Crippen molar-refractivity contribution in [1.82, 2.24) is 0 Å². The number of unbranched alkanes of at least 4 members (excludes halogenated alkanes) is 47. The first-order valence-electron chi connectivity index (χ1n) is 36.8. The summed E-state index contributed by atoms with van der Waals surface area (Å²) in [6.07, 6.45) is 93.0. The van der Waals surface area contributed by atoms with Gasteiger partial charge in [0.25, 0.3) is 0 Å². The molecule has 1 atom stereocenters. The predicted molar refractivity (Wildman–Crippen MR) is 362 cm³/mol. The van der Waals surface area contributed by atoms with Gasteiger partial charge in [0.1, 0.15) is 13.2 Å². The molecule has 83 heavy (non-hydrogen) atoms. The fraction of sp³-hybridized carbons (Fsp3) is 0.831. The number of rotatable bonds is 68. The Morgan fingerprint density at radius 1 is 0.253 bits per heavy atom. The highest BCUT2D eigenvalue weighted by Gasteiger charge is 2.19. The van der Waals surface area contributed by atoms with Gasteiger partial charge in [-0.05, 0) is 64.2 Å². The van der Waals surface area contributed by atoms with Gasteiger partial charge in [-0.25, -0.2) is 0 Å². The van der Waals surface area contributed by atoms with E-state index >= 15 is 0 Å². The maximum absolute atomic E-state index is 12.9. The highest BCUT2D eigenvalue weighted by Crippen LogP contribution is 2.19. The van der Waals surface area contributed by atoms with Gasteiger partial charge in [0.2, 0.25) is 0 Å². The number of hydrogen-bond donors (Lipinski definition) is 0. The number of esters is 3. The van der Waals surface area contributed by atoms with E-state index in [1.165, 1.54) is 263 Å². The van der Waals surface area contributed by atoms with Gasteiger partial charge in [0, 0.05) is 19.3 Å². The molecular formula is C77H140O6. The van der Waals surface area contributed by atoms with E-state index in [2.05, 4.69) is 81.5 Å². The molecule has 0 aromatic heterocycles. The highest BCUT2D eigenvalue weighted by atomic mass is 16.6. The summed E-state index contributed by atoms with van der Waals surface area (Å²) in [7, 11) is 0. The average molecular weight is 1160 g/mol. The maximum Gasteiger partial charge on any atom is 0.306 e. The van der Waals surface area contributed by atoms with Gasteiger partial charge in [-0.15, -0.1) is 0 Å². The zero-order chi connectivity index (χ0) is 59.9.